The Morgan fingerprint density at radius 2 is 1.52 bits per heavy atom. The van der Waals surface area contributed by atoms with Gasteiger partial charge in [0.2, 0.25) is 11.8 Å². The first-order chi connectivity index (χ1) is 19.1. The molecule has 0 aliphatic rings. The zero-order chi connectivity index (χ0) is 29.3. The van der Waals surface area contributed by atoms with E-state index in [0.29, 0.717) is 22.3 Å². The third-order valence-electron chi connectivity index (χ3n) is 6.10. The Bertz CT molecular complexity index is 1400. The van der Waals surface area contributed by atoms with Gasteiger partial charge in [-0.25, -0.2) is 8.42 Å². The lowest BCUT2D eigenvalue weighted by molar-refractivity contribution is -0.139. The smallest absolute Gasteiger partial charge is 0.264 e. The van der Waals surface area contributed by atoms with Crippen molar-refractivity contribution in [3.8, 4) is 5.75 Å². The molecule has 0 saturated carbocycles. The minimum atomic E-state index is -4.25. The zero-order valence-electron chi connectivity index (χ0n) is 22.6. The topological polar surface area (TPSA) is 96.0 Å². The molecule has 2 amide bonds. The van der Waals surface area contributed by atoms with Crippen molar-refractivity contribution in [2.45, 2.75) is 44.7 Å². The maximum Gasteiger partial charge on any atom is 0.264 e. The van der Waals surface area contributed by atoms with Crippen LogP contribution in [0.5, 0.6) is 5.75 Å². The highest BCUT2D eigenvalue weighted by Crippen LogP contribution is 2.33. The molecule has 0 spiro atoms. The summed E-state index contributed by atoms with van der Waals surface area (Å²) in [6.07, 6.45) is 0.727. The van der Waals surface area contributed by atoms with E-state index in [1.165, 1.54) is 29.2 Å². The van der Waals surface area contributed by atoms with E-state index in [4.69, 9.17) is 27.9 Å². The van der Waals surface area contributed by atoms with E-state index in [-0.39, 0.29) is 29.6 Å². The summed E-state index contributed by atoms with van der Waals surface area (Å²) in [4.78, 5) is 28.2. The summed E-state index contributed by atoms with van der Waals surface area (Å²) in [7, 11) is -4.25. The monoisotopic (exact) mass is 605 g/mol. The number of halogens is 2. The van der Waals surface area contributed by atoms with Crippen LogP contribution in [0.15, 0.2) is 77.7 Å². The number of sulfonamides is 1. The maximum absolute atomic E-state index is 14.0. The average molecular weight is 607 g/mol. The Morgan fingerprint density at radius 3 is 2.12 bits per heavy atom. The van der Waals surface area contributed by atoms with Gasteiger partial charge < -0.3 is 15.0 Å². The van der Waals surface area contributed by atoms with Gasteiger partial charge >= 0.3 is 0 Å². The van der Waals surface area contributed by atoms with Crippen molar-refractivity contribution in [2.75, 3.05) is 24.0 Å². The van der Waals surface area contributed by atoms with Gasteiger partial charge in [-0.3, -0.25) is 13.9 Å². The number of nitrogens with zero attached hydrogens (tertiary/aromatic N) is 2. The van der Waals surface area contributed by atoms with Crippen LogP contribution in [0.2, 0.25) is 10.0 Å². The van der Waals surface area contributed by atoms with Gasteiger partial charge in [0.25, 0.3) is 10.0 Å². The van der Waals surface area contributed by atoms with Gasteiger partial charge in [-0.05, 0) is 74.4 Å². The molecule has 0 aliphatic carbocycles. The highest BCUT2D eigenvalue weighted by atomic mass is 35.5. The van der Waals surface area contributed by atoms with Crippen LogP contribution in [0.3, 0.4) is 0 Å². The number of hydrogen-bond acceptors (Lipinski definition) is 5. The number of ether oxygens (including phenoxy) is 1. The molecule has 0 radical (unpaired) electrons. The van der Waals surface area contributed by atoms with Crippen LogP contribution < -0.4 is 14.4 Å². The fourth-order valence-electron chi connectivity index (χ4n) is 3.95. The standard InChI is InChI=1S/C29H33Cl2N3O5S/c1-4-18-32-29(36)21(3)33(19-22-10-12-23(30)13-11-22)28(35)20-34(26-8-6-7-9-27(26)39-5-2)40(37,38)25-16-14-24(31)15-17-25/h6-17,21H,4-5,18-20H2,1-3H3,(H,32,36)/t21-/m0/s1. The number of rotatable bonds is 13. The van der Waals surface area contributed by atoms with Gasteiger partial charge in [-0.2, -0.15) is 0 Å². The van der Waals surface area contributed by atoms with Crippen molar-refractivity contribution in [1.82, 2.24) is 10.2 Å². The molecule has 0 unspecified atom stereocenters. The number of nitrogens with one attached hydrogen (secondary N) is 1. The van der Waals surface area contributed by atoms with E-state index in [9.17, 15) is 18.0 Å². The second kappa shape index (κ2) is 14.4. The SMILES string of the molecule is CCCNC(=O)[C@H](C)N(Cc1ccc(Cl)cc1)C(=O)CN(c1ccccc1OCC)S(=O)(=O)c1ccc(Cl)cc1. The summed E-state index contributed by atoms with van der Waals surface area (Å²) in [5.74, 6) is -0.614. The van der Waals surface area contributed by atoms with Gasteiger partial charge in [0.05, 0.1) is 17.2 Å². The van der Waals surface area contributed by atoms with Crippen molar-refractivity contribution in [3.63, 3.8) is 0 Å². The maximum atomic E-state index is 14.0. The van der Waals surface area contributed by atoms with Gasteiger partial charge in [-0.1, -0.05) is 54.4 Å². The normalized spacial score (nSPS) is 11.9. The molecule has 3 aromatic rings. The molecule has 0 heterocycles. The summed E-state index contributed by atoms with van der Waals surface area (Å²) < 4.78 is 34.7. The molecule has 1 atom stereocenters. The van der Waals surface area contributed by atoms with E-state index >= 15 is 0 Å². The molecule has 0 fully saturated rings. The van der Waals surface area contributed by atoms with Crippen LogP contribution >= 0.6 is 23.2 Å². The molecule has 0 bridgehead atoms. The summed E-state index contributed by atoms with van der Waals surface area (Å²) >= 11 is 12.0. The number of benzene rings is 3. The number of hydrogen-bond donors (Lipinski definition) is 1. The van der Waals surface area contributed by atoms with E-state index in [1.807, 2.05) is 6.92 Å². The van der Waals surface area contributed by atoms with Crippen molar-refractivity contribution >= 4 is 50.7 Å². The quantitative estimate of drug-likeness (QED) is 0.276. The third kappa shape index (κ3) is 7.90. The van der Waals surface area contributed by atoms with Crippen molar-refractivity contribution in [1.29, 1.82) is 0 Å². The van der Waals surface area contributed by atoms with Crippen LogP contribution in [0.25, 0.3) is 0 Å². The van der Waals surface area contributed by atoms with Gasteiger partial charge in [0.15, 0.2) is 0 Å². The first-order valence-electron chi connectivity index (χ1n) is 12.9. The predicted molar refractivity (Wildman–Crippen MR) is 158 cm³/mol. The van der Waals surface area contributed by atoms with Crippen LogP contribution in [0, 0.1) is 0 Å². The number of amides is 2. The third-order valence-corrected chi connectivity index (χ3v) is 8.37. The van der Waals surface area contributed by atoms with E-state index in [2.05, 4.69) is 5.32 Å². The molecule has 11 heteroatoms. The minimum absolute atomic E-state index is 0.0472. The Morgan fingerprint density at radius 1 is 0.925 bits per heavy atom. The molecule has 40 heavy (non-hydrogen) atoms. The summed E-state index contributed by atoms with van der Waals surface area (Å²) in [5, 5.41) is 3.72. The van der Waals surface area contributed by atoms with Crippen molar-refractivity contribution in [2.24, 2.45) is 0 Å². The van der Waals surface area contributed by atoms with E-state index < -0.39 is 28.5 Å². The molecule has 3 rings (SSSR count). The molecule has 3 aromatic carbocycles. The number of para-hydroxylation sites is 2. The molecule has 8 nitrogen and oxygen atoms in total. The Hall–Kier alpha value is -3.27. The second-order valence-corrected chi connectivity index (χ2v) is 11.7. The van der Waals surface area contributed by atoms with Gasteiger partial charge in [0, 0.05) is 23.1 Å². The van der Waals surface area contributed by atoms with Crippen molar-refractivity contribution in [3.05, 3.63) is 88.4 Å². The molecule has 0 saturated heterocycles. The van der Waals surface area contributed by atoms with E-state index in [0.717, 1.165) is 16.3 Å². The average Bonchev–Trinajstić information content (AvgIpc) is 2.94. The lowest BCUT2D eigenvalue weighted by atomic mass is 10.1. The minimum Gasteiger partial charge on any atom is -0.492 e. The first kappa shape index (κ1) is 31.3. The van der Waals surface area contributed by atoms with E-state index in [1.54, 1.807) is 62.4 Å². The largest absolute Gasteiger partial charge is 0.492 e. The molecule has 0 aromatic heterocycles. The Labute approximate surface area is 245 Å². The molecule has 214 valence electrons. The predicted octanol–water partition coefficient (Wildman–Crippen LogP) is 5.53. The summed E-state index contributed by atoms with van der Waals surface area (Å²) in [6, 6.07) is 18.3. The van der Waals surface area contributed by atoms with Crippen molar-refractivity contribution < 1.29 is 22.7 Å². The summed E-state index contributed by atoms with van der Waals surface area (Å²) in [5.41, 5.74) is 0.928. The lowest BCUT2D eigenvalue weighted by Crippen LogP contribution is -2.51. The fraction of sp³-hybridized carbons (Fsp3) is 0.310. The molecule has 0 aliphatic heterocycles. The highest BCUT2D eigenvalue weighted by molar-refractivity contribution is 7.92. The summed E-state index contributed by atoms with van der Waals surface area (Å²) in [6.45, 7) is 5.56. The molecule has 1 N–H and O–H groups in total. The number of anilines is 1. The number of carbonyl (C=O) groups excluding carboxylic acids is 2. The lowest BCUT2D eigenvalue weighted by Gasteiger charge is -2.32. The Kier molecular flexibility index (Phi) is 11.2. The van der Waals surface area contributed by atoms with Gasteiger partial charge in [0.1, 0.15) is 18.3 Å². The van der Waals surface area contributed by atoms with Crippen LogP contribution in [-0.2, 0) is 26.2 Å². The van der Waals surface area contributed by atoms with Crippen LogP contribution in [0.4, 0.5) is 5.69 Å². The molecular formula is C29H33Cl2N3O5S. The second-order valence-electron chi connectivity index (χ2n) is 8.98. The Balaban J connectivity index is 2.06. The first-order valence-corrected chi connectivity index (χ1v) is 15.1. The highest BCUT2D eigenvalue weighted by Gasteiger charge is 2.33. The van der Waals surface area contributed by atoms with Crippen LogP contribution in [0.1, 0.15) is 32.8 Å². The zero-order valence-corrected chi connectivity index (χ0v) is 25.0. The number of carbonyl (C=O) groups is 2. The van der Waals surface area contributed by atoms with Gasteiger partial charge in [-0.15, -0.1) is 0 Å². The fourth-order valence-corrected chi connectivity index (χ4v) is 5.63. The van der Waals surface area contributed by atoms with Crippen LogP contribution in [-0.4, -0.2) is 50.9 Å². The molecular weight excluding hydrogens is 573 g/mol.